The molecule has 0 aromatic heterocycles. The van der Waals surface area contributed by atoms with Crippen LogP contribution in [0.4, 0.5) is 11.4 Å². The van der Waals surface area contributed by atoms with E-state index in [0.717, 1.165) is 0 Å². The van der Waals surface area contributed by atoms with Gasteiger partial charge in [0.25, 0.3) is 0 Å². The number of rotatable bonds is 5. The Morgan fingerprint density at radius 1 is 1.15 bits per heavy atom. The topological polar surface area (TPSA) is 102 Å². The summed E-state index contributed by atoms with van der Waals surface area (Å²) in [7, 11) is 0. The van der Waals surface area contributed by atoms with Gasteiger partial charge >= 0.3 is 0 Å². The maximum atomic E-state index is 12.6. The summed E-state index contributed by atoms with van der Waals surface area (Å²) in [5, 5.41) is 15.0. The molecule has 0 fully saturated rings. The summed E-state index contributed by atoms with van der Waals surface area (Å²) in [6, 6.07) is 11.0. The van der Waals surface area contributed by atoms with Crippen molar-refractivity contribution >= 4 is 51.6 Å². The maximum absolute atomic E-state index is 12.6. The lowest BCUT2D eigenvalue weighted by atomic mass is 10.0. The van der Waals surface area contributed by atoms with Crippen LogP contribution in [0.25, 0.3) is 0 Å². The van der Waals surface area contributed by atoms with Crippen molar-refractivity contribution < 1.29 is 13.6 Å². The SMILES string of the molecule is CC(C)(Nc1ccc(Cl)c(S(=O)O)c1)C(=O)Nc1ccc(C#N)c(Cl)c1. The fraction of sp³-hybridized carbons (Fsp3) is 0.176. The molecule has 1 amide bonds. The smallest absolute Gasteiger partial charge is 0.249 e. The zero-order chi connectivity index (χ0) is 19.5. The third kappa shape index (κ3) is 4.74. The minimum absolute atomic E-state index is 0.0479. The largest absolute Gasteiger partial charge is 0.372 e. The number of halogens is 2. The van der Waals surface area contributed by atoms with Gasteiger partial charge in [0.15, 0.2) is 11.1 Å². The Balaban J connectivity index is 2.18. The first kappa shape index (κ1) is 20.2. The van der Waals surface area contributed by atoms with Crippen molar-refractivity contribution in [3.05, 3.63) is 52.0 Å². The van der Waals surface area contributed by atoms with Crippen molar-refractivity contribution in [2.75, 3.05) is 10.6 Å². The minimum Gasteiger partial charge on any atom is -0.372 e. The van der Waals surface area contributed by atoms with E-state index in [2.05, 4.69) is 10.6 Å². The molecule has 0 saturated carbocycles. The third-order valence-corrected chi connectivity index (χ3v) is 4.96. The summed E-state index contributed by atoms with van der Waals surface area (Å²) in [5.41, 5.74) is 0.169. The van der Waals surface area contributed by atoms with Crippen LogP contribution in [-0.2, 0) is 15.9 Å². The monoisotopic (exact) mass is 411 g/mol. The number of hydrogen-bond donors (Lipinski definition) is 3. The first-order valence-corrected chi connectivity index (χ1v) is 9.20. The van der Waals surface area contributed by atoms with Gasteiger partial charge in [-0.1, -0.05) is 23.2 Å². The molecule has 0 bridgehead atoms. The Hall–Kier alpha value is -2.11. The van der Waals surface area contributed by atoms with Crippen molar-refractivity contribution in [3.8, 4) is 6.07 Å². The standard InChI is InChI=1S/C17H15Cl2N3O3S/c1-17(2,22-12-5-6-13(18)15(8-12)26(24)25)16(23)21-11-4-3-10(9-20)14(19)7-11/h3-8,22H,1-2H3,(H,21,23)(H,24,25). The lowest BCUT2D eigenvalue weighted by molar-refractivity contribution is -0.119. The van der Waals surface area contributed by atoms with E-state index in [-0.39, 0.29) is 20.8 Å². The van der Waals surface area contributed by atoms with Gasteiger partial charge in [0, 0.05) is 11.4 Å². The van der Waals surface area contributed by atoms with Gasteiger partial charge in [0.2, 0.25) is 5.91 Å². The molecule has 26 heavy (non-hydrogen) atoms. The van der Waals surface area contributed by atoms with Gasteiger partial charge < -0.3 is 15.2 Å². The van der Waals surface area contributed by atoms with E-state index in [4.69, 9.17) is 28.5 Å². The van der Waals surface area contributed by atoms with Crippen molar-refractivity contribution in [1.29, 1.82) is 5.26 Å². The van der Waals surface area contributed by atoms with E-state index < -0.39 is 16.6 Å². The van der Waals surface area contributed by atoms with Gasteiger partial charge in [-0.3, -0.25) is 4.79 Å². The average Bonchev–Trinajstić information content (AvgIpc) is 2.56. The number of amides is 1. The average molecular weight is 412 g/mol. The van der Waals surface area contributed by atoms with Crippen molar-refractivity contribution in [3.63, 3.8) is 0 Å². The molecule has 0 aliphatic heterocycles. The van der Waals surface area contributed by atoms with Gasteiger partial charge in [-0.15, -0.1) is 0 Å². The highest BCUT2D eigenvalue weighted by atomic mass is 35.5. The van der Waals surface area contributed by atoms with Gasteiger partial charge in [0.05, 0.1) is 20.5 Å². The van der Waals surface area contributed by atoms with Gasteiger partial charge in [-0.25, -0.2) is 4.21 Å². The predicted molar refractivity (Wildman–Crippen MR) is 103 cm³/mol. The number of nitrogens with zero attached hydrogens (tertiary/aromatic N) is 1. The Morgan fingerprint density at radius 2 is 1.81 bits per heavy atom. The molecule has 2 aromatic carbocycles. The lowest BCUT2D eigenvalue weighted by Crippen LogP contribution is -2.44. The first-order chi connectivity index (χ1) is 12.1. The second-order valence-corrected chi connectivity index (χ2v) is 7.66. The van der Waals surface area contributed by atoms with Crippen molar-refractivity contribution in [2.45, 2.75) is 24.3 Å². The van der Waals surface area contributed by atoms with Crippen LogP contribution in [0.3, 0.4) is 0 Å². The molecule has 3 N–H and O–H groups in total. The highest BCUT2D eigenvalue weighted by molar-refractivity contribution is 7.79. The van der Waals surface area contributed by atoms with Crippen LogP contribution in [0, 0.1) is 11.3 Å². The molecule has 0 aliphatic rings. The van der Waals surface area contributed by atoms with Crippen molar-refractivity contribution in [2.24, 2.45) is 0 Å². The number of nitriles is 1. The zero-order valence-corrected chi connectivity index (χ0v) is 16.2. The van der Waals surface area contributed by atoms with E-state index in [1.807, 2.05) is 6.07 Å². The Kier molecular flexibility index (Phi) is 6.26. The molecule has 0 saturated heterocycles. The van der Waals surface area contributed by atoms with Crippen LogP contribution in [-0.4, -0.2) is 20.2 Å². The summed E-state index contributed by atoms with van der Waals surface area (Å²) in [4.78, 5) is 12.6. The lowest BCUT2D eigenvalue weighted by Gasteiger charge is -2.26. The number of carbonyl (C=O) groups excluding carboxylic acids is 1. The number of nitrogens with one attached hydrogen (secondary N) is 2. The van der Waals surface area contributed by atoms with Crippen molar-refractivity contribution in [1.82, 2.24) is 0 Å². The molecule has 2 aromatic rings. The second-order valence-electron chi connectivity index (χ2n) is 5.90. The fourth-order valence-corrected chi connectivity index (χ4v) is 3.10. The Bertz CT molecular complexity index is 926. The number of anilines is 2. The molecular weight excluding hydrogens is 397 g/mol. The summed E-state index contributed by atoms with van der Waals surface area (Å²) in [6.45, 7) is 3.30. The molecule has 9 heteroatoms. The summed E-state index contributed by atoms with van der Waals surface area (Å²) >= 11 is 9.60. The number of carbonyl (C=O) groups is 1. The van der Waals surface area contributed by atoms with Gasteiger partial charge in [0.1, 0.15) is 11.6 Å². The Labute approximate surface area is 163 Å². The number of hydrogen-bond acceptors (Lipinski definition) is 4. The summed E-state index contributed by atoms with van der Waals surface area (Å²) in [6.07, 6.45) is 0. The zero-order valence-electron chi connectivity index (χ0n) is 13.8. The van der Waals surface area contributed by atoms with Crippen LogP contribution < -0.4 is 10.6 Å². The second kappa shape index (κ2) is 8.06. The Morgan fingerprint density at radius 3 is 2.38 bits per heavy atom. The van der Waals surface area contributed by atoms with E-state index in [1.165, 1.54) is 24.3 Å². The number of benzene rings is 2. The van der Waals surface area contributed by atoms with Crippen LogP contribution in [0.1, 0.15) is 19.4 Å². The summed E-state index contributed by atoms with van der Waals surface area (Å²) < 4.78 is 20.5. The molecular formula is C17H15Cl2N3O3S. The van der Waals surface area contributed by atoms with E-state index in [9.17, 15) is 13.6 Å². The van der Waals surface area contributed by atoms with Gasteiger partial charge in [-0.05, 0) is 50.2 Å². The first-order valence-electron chi connectivity index (χ1n) is 7.34. The highest BCUT2D eigenvalue weighted by Crippen LogP contribution is 2.26. The molecule has 0 heterocycles. The summed E-state index contributed by atoms with van der Waals surface area (Å²) in [5.74, 6) is -0.361. The normalized spacial score (nSPS) is 12.2. The molecule has 0 aliphatic carbocycles. The molecule has 136 valence electrons. The highest BCUT2D eigenvalue weighted by Gasteiger charge is 2.28. The van der Waals surface area contributed by atoms with Gasteiger partial charge in [-0.2, -0.15) is 5.26 Å². The maximum Gasteiger partial charge on any atom is 0.249 e. The quantitative estimate of drug-likeness (QED) is 0.637. The van der Waals surface area contributed by atoms with Crippen LogP contribution >= 0.6 is 23.2 Å². The molecule has 2 rings (SSSR count). The third-order valence-electron chi connectivity index (χ3n) is 3.49. The molecule has 1 unspecified atom stereocenters. The van der Waals surface area contributed by atoms with E-state index in [1.54, 1.807) is 26.0 Å². The van der Waals surface area contributed by atoms with E-state index >= 15 is 0 Å². The predicted octanol–water partition coefficient (Wildman–Crippen LogP) is 4.27. The van der Waals surface area contributed by atoms with Crippen LogP contribution in [0.15, 0.2) is 41.3 Å². The molecule has 1 atom stereocenters. The minimum atomic E-state index is -2.24. The molecule has 6 nitrogen and oxygen atoms in total. The van der Waals surface area contributed by atoms with E-state index in [0.29, 0.717) is 16.9 Å². The fourth-order valence-electron chi connectivity index (χ4n) is 2.10. The van der Waals surface area contributed by atoms with Crippen LogP contribution in [0.5, 0.6) is 0 Å². The molecule has 0 radical (unpaired) electrons. The van der Waals surface area contributed by atoms with Crippen LogP contribution in [0.2, 0.25) is 10.0 Å². The molecule has 0 spiro atoms.